The van der Waals surface area contributed by atoms with Crippen LogP contribution in [0.1, 0.15) is 32.1 Å². The van der Waals surface area contributed by atoms with E-state index < -0.39 is 15.6 Å². The van der Waals surface area contributed by atoms with Crippen LogP contribution in [0.3, 0.4) is 0 Å². The predicted molar refractivity (Wildman–Crippen MR) is 111 cm³/mol. The molecule has 1 aromatic heterocycles. The minimum atomic E-state index is -3.78. The van der Waals surface area contributed by atoms with E-state index >= 15 is 0 Å². The molecule has 9 heteroatoms. The normalized spacial score (nSPS) is 15.0. The first-order chi connectivity index (χ1) is 13.9. The first-order valence-corrected chi connectivity index (χ1v) is 11.1. The number of rotatable bonds is 6. The molecule has 2 aromatic rings. The van der Waals surface area contributed by atoms with Gasteiger partial charge in [0.2, 0.25) is 15.9 Å². The lowest BCUT2D eigenvalue weighted by molar-refractivity contribution is -0.138. The number of hydrogen-bond acceptors (Lipinski definition) is 6. The fourth-order valence-corrected chi connectivity index (χ4v) is 4.01. The Morgan fingerprint density at radius 3 is 2.40 bits per heavy atom. The summed E-state index contributed by atoms with van der Waals surface area (Å²) in [7, 11) is -3.78. The molecule has 0 bridgehead atoms. The number of carbonyl (C=O) groups excluding carboxylic acids is 1. The molecular weight excluding hydrogens is 408 g/mol. The third-order valence-electron chi connectivity index (χ3n) is 4.81. The van der Waals surface area contributed by atoms with Crippen molar-refractivity contribution >= 4 is 15.9 Å². The van der Waals surface area contributed by atoms with Crippen LogP contribution in [0.5, 0.6) is 5.75 Å². The molecule has 0 radical (unpaired) electrons. The van der Waals surface area contributed by atoms with Gasteiger partial charge >= 0.3 is 5.63 Å². The van der Waals surface area contributed by atoms with Gasteiger partial charge in [0.05, 0.1) is 30.6 Å². The Kier molecular flexibility index (Phi) is 6.05. The lowest BCUT2D eigenvalue weighted by Gasteiger charge is -2.38. The highest BCUT2D eigenvalue weighted by molar-refractivity contribution is 7.89. The summed E-state index contributed by atoms with van der Waals surface area (Å²) in [6.07, 6.45) is -0.253. The zero-order chi connectivity index (χ0) is 22.1. The Hall–Kier alpha value is -2.65. The van der Waals surface area contributed by atoms with E-state index in [2.05, 4.69) is 4.72 Å². The monoisotopic (exact) mass is 434 g/mol. The topological polar surface area (TPSA) is 106 Å². The average Bonchev–Trinajstić information content (AvgIpc) is 2.61. The number of nitrogens with one attached hydrogen (secondary N) is 1. The van der Waals surface area contributed by atoms with Crippen LogP contribution in [0.2, 0.25) is 0 Å². The van der Waals surface area contributed by atoms with E-state index in [1.807, 2.05) is 20.8 Å². The number of amides is 1. The van der Waals surface area contributed by atoms with Gasteiger partial charge < -0.3 is 14.1 Å². The SMILES string of the molecule is Cc1cc(OC2CN(C(=O)CNS(=O)(=O)c3ccc(C(C)(C)C)cc3)C2)cc(=O)o1. The van der Waals surface area contributed by atoms with Crippen molar-refractivity contribution in [2.45, 2.75) is 44.1 Å². The van der Waals surface area contributed by atoms with Crippen molar-refractivity contribution in [3.05, 3.63) is 58.1 Å². The van der Waals surface area contributed by atoms with Crippen LogP contribution in [0.25, 0.3) is 0 Å². The van der Waals surface area contributed by atoms with Crippen LogP contribution >= 0.6 is 0 Å². The summed E-state index contributed by atoms with van der Waals surface area (Å²) in [4.78, 5) is 25.2. The van der Waals surface area contributed by atoms with Gasteiger partial charge in [-0.25, -0.2) is 17.9 Å². The number of carbonyl (C=O) groups is 1. The average molecular weight is 435 g/mol. The van der Waals surface area contributed by atoms with Gasteiger partial charge in [-0.3, -0.25) is 4.79 Å². The Labute approximate surface area is 175 Å². The van der Waals surface area contributed by atoms with Crippen molar-refractivity contribution in [2.24, 2.45) is 0 Å². The zero-order valence-electron chi connectivity index (χ0n) is 17.5. The molecule has 0 unspecified atom stereocenters. The maximum absolute atomic E-state index is 12.5. The van der Waals surface area contributed by atoms with E-state index in [-0.39, 0.29) is 28.9 Å². The second-order valence-electron chi connectivity index (χ2n) is 8.36. The largest absolute Gasteiger partial charge is 0.486 e. The van der Waals surface area contributed by atoms with Gasteiger partial charge in [0.1, 0.15) is 17.6 Å². The summed E-state index contributed by atoms with van der Waals surface area (Å²) in [5.41, 5.74) is 0.447. The highest BCUT2D eigenvalue weighted by Gasteiger charge is 2.33. The fraction of sp³-hybridized carbons (Fsp3) is 0.429. The molecule has 2 heterocycles. The van der Waals surface area contributed by atoms with Crippen LogP contribution in [-0.2, 0) is 20.2 Å². The van der Waals surface area contributed by atoms with Gasteiger partial charge in [0.25, 0.3) is 0 Å². The van der Waals surface area contributed by atoms with E-state index in [0.29, 0.717) is 24.6 Å². The first-order valence-electron chi connectivity index (χ1n) is 9.60. The van der Waals surface area contributed by atoms with Crippen molar-refractivity contribution in [2.75, 3.05) is 19.6 Å². The molecular formula is C21H26N2O6S. The lowest BCUT2D eigenvalue weighted by atomic mass is 9.87. The van der Waals surface area contributed by atoms with E-state index in [4.69, 9.17) is 9.15 Å². The van der Waals surface area contributed by atoms with Gasteiger partial charge in [0, 0.05) is 6.07 Å². The fourth-order valence-electron chi connectivity index (χ4n) is 3.04. The third kappa shape index (κ3) is 5.28. The number of hydrogen-bond donors (Lipinski definition) is 1. The summed E-state index contributed by atoms with van der Waals surface area (Å²) in [6, 6.07) is 9.49. The van der Waals surface area contributed by atoms with Crippen LogP contribution in [0, 0.1) is 6.92 Å². The maximum Gasteiger partial charge on any atom is 0.339 e. The minimum Gasteiger partial charge on any atom is -0.486 e. The Morgan fingerprint density at radius 1 is 1.20 bits per heavy atom. The third-order valence-corrected chi connectivity index (χ3v) is 6.23. The summed E-state index contributed by atoms with van der Waals surface area (Å²) in [5, 5.41) is 0. The Morgan fingerprint density at radius 2 is 1.83 bits per heavy atom. The van der Waals surface area contributed by atoms with Crippen molar-refractivity contribution in [3.63, 3.8) is 0 Å². The molecule has 0 aliphatic carbocycles. The maximum atomic E-state index is 12.5. The second-order valence-corrected chi connectivity index (χ2v) is 10.1. The number of ether oxygens (including phenoxy) is 1. The first kappa shape index (κ1) is 22.0. The summed E-state index contributed by atoms with van der Waals surface area (Å²) in [5.74, 6) is 0.489. The highest BCUT2D eigenvalue weighted by Crippen LogP contribution is 2.23. The van der Waals surface area contributed by atoms with Gasteiger partial charge in [-0.15, -0.1) is 0 Å². The van der Waals surface area contributed by atoms with Crippen molar-refractivity contribution in [3.8, 4) is 5.75 Å². The molecule has 1 aliphatic heterocycles. The lowest BCUT2D eigenvalue weighted by Crippen LogP contribution is -2.58. The number of likely N-dealkylation sites (tertiary alicyclic amines) is 1. The number of sulfonamides is 1. The molecule has 162 valence electrons. The summed E-state index contributed by atoms with van der Waals surface area (Å²) < 4.78 is 37.8. The van der Waals surface area contributed by atoms with E-state index in [0.717, 1.165) is 5.56 Å². The smallest absolute Gasteiger partial charge is 0.339 e. The molecule has 30 heavy (non-hydrogen) atoms. The molecule has 8 nitrogen and oxygen atoms in total. The van der Waals surface area contributed by atoms with E-state index in [1.165, 1.54) is 11.0 Å². The zero-order valence-corrected chi connectivity index (χ0v) is 18.3. The van der Waals surface area contributed by atoms with E-state index in [9.17, 15) is 18.0 Å². The molecule has 1 aromatic carbocycles. The molecule has 1 N–H and O–H groups in total. The quantitative estimate of drug-likeness (QED) is 0.743. The highest BCUT2D eigenvalue weighted by atomic mass is 32.2. The van der Waals surface area contributed by atoms with Gasteiger partial charge in [0.15, 0.2) is 0 Å². The summed E-state index contributed by atoms with van der Waals surface area (Å²) in [6.45, 7) is 8.10. The van der Waals surface area contributed by atoms with Crippen LogP contribution in [-0.4, -0.2) is 45.0 Å². The second kappa shape index (κ2) is 8.23. The molecule has 3 rings (SSSR count). The molecule has 1 aliphatic rings. The van der Waals surface area contributed by atoms with Crippen molar-refractivity contribution in [1.29, 1.82) is 0 Å². The van der Waals surface area contributed by atoms with Gasteiger partial charge in [-0.05, 0) is 30.0 Å². The predicted octanol–water partition coefficient (Wildman–Crippen LogP) is 1.81. The van der Waals surface area contributed by atoms with E-state index in [1.54, 1.807) is 37.3 Å². The number of aryl methyl sites for hydroxylation is 1. The summed E-state index contributed by atoms with van der Waals surface area (Å²) >= 11 is 0. The number of benzene rings is 1. The number of nitrogens with zero attached hydrogens (tertiary/aromatic N) is 1. The molecule has 0 saturated carbocycles. The Bertz CT molecular complexity index is 1080. The Balaban J connectivity index is 1.50. The molecule has 1 saturated heterocycles. The standard InChI is InChI=1S/C21H26N2O6S/c1-14-9-16(10-20(25)28-14)29-17-12-23(13-17)19(24)11-22-30(26,27)18-7-5-15(6-8-18)21(2,3)4/h5-10,17,22H,11-13H2,1-4H3. The molecule has 1 fully saturated rings. The van der Waals surface area contributed by atoms with Gasteiger partial charge in [-0.2, -0.15) is 0 Å². The molecule has 0 spiro atoms. The van der Waals surface area contributed by atoms with Crippen LogP contribution < -0.4 is 15.1 Å². The van der Waals surface area contributed by atoms with Gasteiger partial charge in [-0.1, -0.05) is 32.9 Å². The molecule has 1 amide bonds. The minimum absolute atomic E-state index is 0.0791. The molecule has 0 atom stereocenters. The van der Waals surface area contributed by atoms with Crippen LogP contribution in [0.4, 0.5) is 0 Å². The van der Waals surface area contributed by atoms with Crippen molar-refractivity contribution < 1.29 is 22.4 Å². The van der Waals surface area contributed by atoms with Crippen LogP contribution in [0.15, 0.2) is 50.5 Å². The van der Waals surface area contributed by atoms with Crippen molar-refractivity contribution in [1.82, 2.24) is 9.62 Å².